The van der Waals surface area contributed by atoms with E-state index in [-0.39, 0.29) is 0 Å². The lowest BCUT2D eigenvalue weighted by molar-refractivity contribution is 0.520. The van der Waals surface area contributed by atoms with E-state index in [0.717, 1.165) is 5.75 Å². The average Bonchev–Trinajstić information content (AvgIpc) is 2.59. The van der Waals surface area contributed by atoms with E-state index in [9.17, 15) is 0 Å². The van der Waals surface area contributed by atoms with Gasteiger partial charge < -0.3 is 4.43 Å². The molecular weight excluding hydrogens is 212 g/mol. The molecule has 0 radical (unpaired) electrons. The van der Waals surface area contributed by atoms with Crippen molar-refractivity contribution < 1.29 is 4.43 Å². The summed E-state index contributed by atoms with van der Waals surface area (Å²) in [6.45, 7) is 11.5. The SMILES string of the molecule is Cc1cccc2c1C[Si](C(C)C)(C(C)C)O2. The van der Waals surface area contributed by atoms with Crippen molar-refractivity contribution in [3.8, 4) is 5.75 Å². The lowest BCUT2D eigenvalue weighted by Crippen LogP contribution is -2.47. The van der Waals surface area contributed by atoms with Crippen molar-refractivity contribution in [1.82, 2.24) is 0 Å². The highest BCUT2D eigenvalue weighted by molar-refractivity contribution is 6.77. The van der Waals surface area contributed by atoms with E-state index in [0.29, 0.717) is 11.1 Å². The maximum atomic E-state index is 6.44. The first-order valence-electron chi connectivity index (χ1n) is 6.25. The molecule has 16 heavy (non-hydrogen) atoms. The van der Waals surface area contributed by atoms with Crippen molar-refractivity contribution in [3.63, 3.8) is 0 Å². The number of rotatable bonds is 2. The van der Waals surface area contributed by atoms with E-state index in [1.54, 1.807) is 0 Å². The van der Waals surface area contributed by atoms with Gasteiger partial charge in [0.15, 0.2) is 0 Å². The second-order valence-electron chi connectivity index (χ2n) is 5.59. The number of hydrogen-bond donors (Lipinski definition) is 0. The van der Waals surface area contributed by atoms with Crippen LogP contribution in [0, 0.1) is 6.92 Å². The van der Waals surface area contributed by atoms with Gasteiger partial charge in [-0.05, 0) is 35.2 Å². The number of fused-ring (bicyclic) bond motifs is 1. The van der Waals surface area contributed by atoms with Crippen molar-refractivity contribution in [3.05, 3.63) is 29.3 Å². The van der Waals surface area contributed by atoms with Crippen LogP contribution in [-0.4, -0.2) is 8.32 Å². The van der Waals surface area contributed by atoms with Gasteiger partial charge in [0, 0.05) is 6.04 Å². The topological polar surface area (TPSA) is 9.23 Å². The summed E-state index contributed by atoms with van der Waals surface area (Å²) in [7, 11) is -1.62. The second-order valence-corrected chi connectivity index (χ2v) is 10.4. The Hall–Kier alpha value is -0.763. The van der Waals surface area contributed by atoms with E-state index >= 15 is 0 Å². The molecule has 0 bridgehead atoms. The zero-order valence-corrected chi connectivity index (χ0v) is 12.0. The molecule has 1 aromatic rings. The number of benzene rings is 1. The van der Waals surface area contributed by atoms with Gasteiger partial charge in [-0.1, -0.05) is 39.8 Å². The van der Waals surface area contributed by atoms with Crippen molar-refractivity contribution in [2.45, 2.75) is 51.7 Å². The smallest absolute Gasteiger partial charge is 0.260 e. The van der Waals surface area contributed by atoms with E-state index in [1.807, 2.05) is 0 Å². The van der Waals surface area contributed by atoms with Crippen LogP contribution in [0.25, 0.3) is 0 Å². The fraction of sp³-hybridized carbons (Fsp3) is 0.571. The summed E-state index contributed by atoms with van der Waals surface area (Å²) in [4.78, 5) is 0. The predicted molar refractivity (Wildman–Crippen MR) is 71.5 cm³/mol. The Morgan fingerprint density at radius 1 is 1.12 bits per heavy atom. The summed E-state index contributed by atoms with van der Waals surface area (Å²) in [5.74, 6) is 1.16. The first kappa shape index (κ1) is 11.7. The minimum absolute atomic E-state index is 0.680. The highest BCUT2D eigenvalue weighted by Gasteiger charge is 2.48. The monoisotopic (exact) mass is 234 g/mol. The molecule has 0 atom stereocenters. The Balaban J connectivity index is 2.43. The third-order valence-corrected chi connectivity index (χ3v) is 9.49. The zero-order valence-electron chi connectivity index (χ0n) is 11.0. The molecule has 1 aliphatic heterocycles. The quantitative estimate of drug-likeness (QED) is 0.696. The number of hydrogen-bond acceptors (Lipinski definition) is 1. The molecule has 2 rings (SSSR count). The van der Waals surface area contributed by atoms with Crippen LogP contribution in [0.15, 0.2) is 18.2 Å². The third kappa shape index (κ3) is 1.60. The standard InChI is InChI=1S/C14H22OSi/c1-10(2)16(11(3)4)9-13-12(5)7-6-8-14(13)15-16/h6-8,10-11H,9H2,1-5H3. The summed E-state index contributed by atoms with van der Waals surface area (Å²) in [5, 5.41) is 0. The Morgan fingerprint density at radius 3 is 2.25 bits per heavy atom. The first-order chi connectivity index (χ1) is 7.47. The zero-order chi connectivity index (χ0) is 11.9. The molecule has 1 aromatic carbocycles. The van der Waals surface area contributed by atoms with Gasteiger partial charge in [0.1, 0.15) is 5.75 Å². The van der Waals surface area contributed by atoms with Crippen molar-refractivity contribution in [2.24, 2.45) is 0 Å². The first-order valence-corrected chi connectivity index (χ1v) is 8.52. The molecule has 0 aliphatic carbocycles. The van der Waals surface area contributed by atoms with Crippen LogP contribution in [0.1, 0.15) is 38.8 Å². The van der Waals surface area contributed by atoms with Crippen LogP contribution in [0.5, 0.6) is 5.75 Å². The summed E-state index contributed by atoms with van der Waals surface area (Å²) >= 11 is 0. The minimum atomic E-state index is -1.62. The van der Waals surface area contributed by atoms with E-state index in [4.69, 9.17) is 4.43 Å². The maximum absolute atomic E-state index is 6.44. The van der Waals surface area contributed by atoms with Crippen molar-refractivity contribution in [2.75, 3.05) is 0 Å². The lowest BCUT2D eigenvalue weighted by atomic mass is 10.1. The average molecular weight is 234 g/mol. The normalized spacial score (nSPS) is 17.7. The fourth-order valence-corrected chi connectivity index (χ4v) is 7.12. The lowest BCUT2D eigenvalue weighted by Gasteiger charge is -2.33. The van der Waals surface area contributed by atoms with Gasteiger partial charge in [0.05, 0.1) is 0 Å². The molecule has 0 saturated heterocycles. The largest absolute Gasteiger partial charge is 0.542 e. The summed E-state index contributed by atoms with van der Waals surface area (Å²) < 4.78 is 6.44. The molecular formula is C14H22OSi. The molecule has 88 valence electrons. The Labute approximate surface area is 100.0 Å². The van der Waals surface area contributed by atoms with Gasteiger partial charge in [-0.25, -0.2) is 0 Å². The van der Waals surface area contributed by atoms with Gasteiger partial charge in [-0.2, -0.15) is 0 Å². The van der Waals surface area contributed by atoms with E-state index in [1.165, 1.54) is 17.2 Å². The molecule has 1 heterocycles. The molecule has 2 heteroatoms. The van der Waals surface area contributed by atoms with Crippen molar-refractivity contribution >= 4 is 8.32 Å². The van der Waals surface area contributed by atoms with Gasteiger partial charge >= 0.3 is 0 Å². The molecule has 0 fully saturated rings. The Kier molecular flexibility index (Phi) is 2.87. The molecule has 1 aliphatic rings. The van der Waals surface area contributed by atoms with E-state index in [2.05, 4.69) is 52.8 Å². The van der Waals surface area contributed by atoms with E-state index < -0.39 is 8.32 Å². The summed E-state index contributed by atoms with van der Waals surface area (Å²) in [5.41, 5.74) is 4.23. The molecule has 0 amide bonds. The molecule has 1 nitrogen and oxygen atoms in total. The van der Waals surface area contributed by atoms with Crippen LogP contribution < -0.4 is 4.43 Å². The maximum Gasteiger partial charge on any atom is 0.260 e. The second kappa shape index (κ2) is 3.92. The Morgan fingerprint density at radius 2 is 1.75 bits per heavy atom. The van der Waals surface area contributed by atoms with Crippen LogP contribution in [0.2, 0.25) is 11.1 Å². The molecule has 0 N–H and O–H groups in total. The molecule has 0 aromatic heterocycles. The molecule has 0 unspecified atom stereocenters. The Bertz CT molecular complexity index is 388. The van der Waals surface area contributed by atoms with Crippen LogP contribution in [0.4, 0.5) is 0 Å². The predicted octanol–water partition coefficient (Wildman–Crippen LogP) is 4.23. The van der Waals surface area contributed by atoms with Crippen molar-refractivity contribution in [1.29, 1.82) is 0 Å². The summed E-state index contributed by atoms with van der Waals surface area (Å²) in [6.07, 6.45) is 0. The molecule has 0 saturated carbocycles. The fourth-order valence-electron chi connectivity index (χ4n) is 2.83. The van der Waals surface area contributed by atoms with Gasteiger partial charge in [-0.15, -0.1) is 0 Å². The minimum Gasteiger partial charge on any atom is -0.542 e. The van der Waals surface area contributed by atoms with Crippen LogP contribution >= 0.6 is 0 Å². The van der Waals surface area contributed by atoms with Crippen LogP contribution in [0.3, 0.4) is 0 Å². The number of aryl methyl sites for hydroxylation is 1. The summed E-state index contributed by atoms with van der Waals surface area (Å²) in [6, 6.07) is 7.65. The van der Waals surface area contributed by atoms with Crippen LogP contribution in [-0.2, 0) is 6.04 Å². The molecule has 0 spiro atoms. The van der Waals surface area contributed by atoms with Gasteiger partial charge in [-0.3, -0.25) is 0 Å². The van der Waals surface area contributed by atoms with Gasteiger partial charge in [0.25, 0.3) is 8.32 Å². The highest BCUT2D eigenvalue weighted by atomic mass is 28.4. The van der Waals surface area contributed by atoms with Gasteiger partial charge in [0.2, 0.25) is 0 Å². The third-order valence-electron chi connectivity index (χ3n) is 4.07. The highest BCUT2D eigenvalue weighted by Crippen LogP contribution is 2.45.